The van der Waals surface area contributed by atoms with Crippen molar-refractivity contribution in [1.29, 1.82) is 0 Å². The van der Waals surface area contributed by atoms with Crippen LogP contribution in [0.15, 0.2) is 30.3 Å². The Kier molecular flexibility index (Phi) is 2.51. The number of rotatable bonds is 2. The molecule has 5 heteroatoms. The van der Waals surface area contributed by atoms with E-state index in [1.807, 2.05) is 18.2 Å². The summed E-state index contributed by atoms with van der Waals surface area (Å²) >= 11 is 6.05. The third kappa shape index (κ3) is 1.76. The maximum Gasteiger partial charge on any atom is 0.150 e. The third-order valence-corrected chi connectivity index (χ3v) is 2.39. The van der Waals surface area contributed by atoms with Crippen LogP contribution in [0.1, 0.15) is 0 Å². The zero-order chi connectivity index (χ0) is 10.8. The molecule has 1 heterocycles. The van der Waals surface area contributed by atoms with Gasteiger partial charge in [-0.1, -0.05) is 23.7 Å². The first-order chi connectivity index (χ1) is 7.22. The minimum Gasteiger partial charge on any atom is -0.384 e. The average molecular weight is 223 g/mol. The molecule has 0 aliphatic carbocycles. The molecule has 0 saturated heterocycles. The van der Waals surface area contributed by atoms with Crippen LogP contribution in [-0.4, -0.2) is 16.8 Å². The number of nitrogen functional groups attached to an aromatic ring is 1. The predicted molar refractivity (Wildman–Crippen MR) is 62.5 cm³/mol. The van der Waals surface area contributed by atoms with Gasteiger partial charge in [0, 0.05) is 13.1 Å². The normalized spacial score (nSPS) is 10.3. The second-order valence-electron chi connectivity index (χ2n) is 3.07. The van der Waals surface area contributed by atoms with Gasteiger partial charge in [-0.15, -0.1) is 5.10 Å². The molecule has 78 valence electrons. The van der Waals surface area contributed by atoms with Crippen LogP contribution in [-0.2, 0) is 0 Å². The van der Waals surface area contributed by atoms with Crippen LogP contribution in [0, 0.1) is 0 Å². The van der Waals surface area contributed by atoms with Crippen molar-refractivity contribution in [2.75, 3.05) is 18.1 Å². The Hall–Kier alpha value is -1.68. The average Bonchev–Trinajstić information content (AvgIpc) is 2.60. The lowest BCUT2D eigenvalue weighted by molar-refractivity contribution is 0.894. The molecule has 0 saturated carbocycles. The van der Waals surface area contributed by atoms with Gasteiger partial charge in [0.2, 0.25) is 0 Å². The summed E-state index contributed by atoms with van der Waals surface area (Å²) in [6.07, 6.45) is 0. The quantitative estimate of drug-likeness (QED) is 0.819. The lowest BCUT2D eigenvalue weighted by Crippen LogP contribution is -2.02. The number of hydrogen-bond acceptors (Lipinski definition) is 3. The third-order valence-electron chi connectivity index (χ3n) is 2.07. The molecule has 3 N–H and O–H groups in total. The van der Waals surface area contributed by atoms with Gasteiger partial charge in [0.15, 0.2) is 0 Å². The van der Waals surface area contributed by atoms with Gasteiger partial charge >= 0.3 is 0 Å². The number of nitrogens with two attached hydrogens (primary N) is 1. The summed E-state index contributed by atoms with van der Waals surface area (Å²) < 4.78 is 1.61. The summed E-state index contributed by atoms with van der Waals surface area (Å²) in [5.74, 6) is 1.26. The largest absolute Gasteiger partial charge is 0.384 e. The molecular weight excluding hydrogens is 212 g/mol. The highest BCUT2D eigenvalue weighted by Gasteiger charge is 2.08. The summed E-state index contributed by atoms with van der Waals surface area (Å²) in [6, 6.07) is 9.18. The second-order valence-corrected chi connectivity index (χ2v) is 3.47. The molecule has 0 fully saturated rings. The highest BCUT2D eigenvalue weighted by atomic mass is 35.5. The maximum absolute atomic E-state index is 6.05. The van der Waals surface area contributed by atoms with E-state index in [9.17, 15) is 0 Å². The number of nitrogens with one attached hydrogen (secondary N) is 1. The van der Waals surface area contributed by atoms with Crippen LogP contribution in [0.3, 0.4) is 0 Å². The van der Waals surface area contributed by atoms with Gasteiger partial charge in [0.05, 0.1) is 10.7 Å². The molecule has 4 nitrogen and oxygen atoms in total. The molecule has 0 unspecified atom stereocenters. The van der Waals surface area contributed by atoms with E-state index in [2.05, 4.69) is 10.4 Å². The first-order valence-corrected chi connectivity index (χ1v) is 4.88. The van der Waals surface area contributed by atoms with Crippen molar-refractivity contribution in [3.8, 4) is 5.69 Å². The van der Waals surface area contributed by atoms with Gasteiger partial charge in [0.1, 0.15) is 11.6 Å². The molecule has 0 aliphatic heterocycles. The molecule has 0 atom stereocenters. The Morgan fingerprint density at radius 1 is 1.40 bits per heavy atom. The molecule has 0 spiro atoms. The number of para-hydroxylation sites is 1. The van der Waals surface area contributed by atoms with Crippen molar-refractivity contribution >= 4 is 23.2 Å². The fraction of sp³-hybridized carbons (Fsp3) is 0.100. The van der Waals surface area contributed by atoms with E-state index >= 15 is 0 Å². The maximum atomic E-state index is 6.05. The van der Waals surface area contributed by atoms with Crippen molar-refractivity contribution in [2.24, 2.45) is 0 Å². The topological polar surface area (TPSA) is 55.9 Å². The Bertz CT molecular complexity index is 478. The molecule has 2 rings (SSSR count). The zero-order valence-corrected chi connectivity index (χ0v) is 8.99. The highest BCUT2D eigenvalue weighted by Crippen LogP contribution is 2.23. The summed E-state index contributed by atoms with van der Waals surface area (Å²) in [5.41, 5.74) is 6.60. The molecule has 1 aromatic heterocycles. The van der Waals surface area contributed by atoms with Gasteiger partial charge in [-0.05, 0) is 12.1 Å². The molecule has 0 aliphatic rings. The number of aromatic nitrogens is 2. The molecule has 0 radical (unpaired) electrons. The van der Waals surface area contributed by atoms with Crippen molar-refractivity contribution in [3.05, 3.63) is 35.4 Å². The van der Waals surface area contributed by atoms with Crippen LogP contribution in [0.25, 0.3) is 5.69 Å². The standard InChI is InChI=1S/C10H11ClN4/c1-13-10-6-9(12)15(14-10)8-5-3-2-4-7(8)11/h2-6H,12H2,1H3,(H,13,14). The molecule has 2 aromatic rings. The fourth-order valence-corrected chi connectivity index (χ4v) is 1.55. The van der Waals surface area contributed by atoms with E-state index in [1.165, 1.54) is 0 Å². The van der Waals surface area contributed by atoms with E-state index < -0.39 is 0 Å². The van der Waals surface area contributed by atoms with Crippen molar-refractivity contribution < 1.29 is 0 Å². The molecular formula is C10H11ClN4. The van der Waals surface area contributed by atoms with Crippen molar-refractivity contribution in [1.82, 2.24) is 9.78 Å². The molecule has 0 bridgehead atoms. The van der Waals surface area contributed by atoms with Crippen LogP contribution in [0.4, 0.5) is 11.6 Å². The van der Waals surface area contributed by atoms with Gasteiger partial charge < -0.3 is 11.1 Å². The van der Waals surface area contributed by atoms with Gasteiger partial charge in [-0.25, -0.2) is 4.68 Å². The number of anilines is 2. The number of benzene rings is 1. The Morgan fingerprint density at radius 3 is 2.73 bits per heavy atom. The minimum atomic E-state index is 0.549. The Labute approximate surface area is 92.7 Å². The smallest absolute Gasteiger partial charge is 0.150 e. The Morgan fingerprint density at radius 2 is 2.13 bits per heavy atom. The minimum absolute atomic E-state index is 0.549. The predicted octanol–water partition coefficient (Wildman–Crippen LogP) is 2.15. The highest BCUT2D eigenvalue weighted by molar-refractivity contribution is 6.32. The number of halogens is 1. The second kappa shape index (κ2) is 3.82. The zero-order valence-electron chi connectivity index (χ0n) is 8.24. The van der Waals surface area contributed by atoms with Crippen LogP contribution < -0.4 is 11.1 Å². The molecule has 1 aromatic carbocycles. The molecule has 0 amide bonds. The summed E-state index contributed by atoms with van der Waals surface area (Å²) in [4.78, 5) is 0. The first-order valence-electron chi connectivity index (χ1n) is 4.50. The van der Waals surface area contributed by atoms with Crippen molar-refractivity contribution in [2.45, 2.75) is 0 Å². The number of nitrogens with zero attached hydrogens (tertiary/aromatic N) is 2. The Balaban J connectivity index is 2.54. The van der Waals surface area contributed by atoms with Crippen LogP contribution in [0.5, 0.6) is 0 Å². The van der Waals surface area contributed by atoms with Crippen LogP contribution in [0.2, 0.25) is 5.02 Å². The molecule has 15 heavy (non-hydrogen) atoms. The van der Waals surface area contributed by atoms with Crippen molar-refractivity contribution in [3.63, 3.8) is 0 Å². The number of hydrogen-bond donors (Lipinski definition) is 2. The lowest BCUT2D eigenvalue weighted by Gasteiger charge is -2.05. The monoisotopic (exact) mass is 222 g/mol. The van der Waals surface area contributed by atoms with Gasteiger partial charge in [0.25, 0.3) is 0 Å². The van der Waals surface area contributed by atoms with Gasteiger partial charge in [-0.2, -0.15) is 0 Å². The van der Waals surface area contributed by atoms with E-state index in [0.717, 1.165) is 5.69 Å². The van der Waals surface area contributed by atoms with Crippen LogP contribution >= 0.6 is 11.6 Å². The van der Waals surface area contributed by atoms with E-state index in [0.29, 0.717) is 16.7 Å². The summed E-state index contributed by atoms with van der Waals surface area (Å²) in [6.45, 7) is 0. The lowest BCUT2D eigenvalue weighted by atomic mass is 10.3. The SMILES string of the molecule is CNc1cc(N)n(-c2ccccc2Cl)n1. The summed E-state index contributed by atoms with van der Waals surface area (Å²) in [7, 11) is 1.79. The van der Waals surface area contributed by atoms with Gasteiger partial charge in [-0.3, -0.25) is 0 Å². The van der Waals surface area contributed by atoms with E-state index in [-0.39, 0.29) is 0 Å². The first kappa shape index (κ1) is 9.86. The summed E-state index contributed by atoms with van der Waals surface area (Å²) in [5, 5.41) is 7.80. The van der Waals surface area contributed by atoms with E-state index in [1.54, 1.807) is 23.9 Å². The fourth-order valence-electron chi connectivity index (χ4n) is 1.33. The van der Waals surface area contributed by atoms with E-state index in [4.69, 9.17) is 17.3 Å².